The molecule has 0 unspecified atom stereocenters. The summed E-state index contributed by atoms with van der Waals surface area (Å²) in [7, 11) is 0. The fourth-order valence-electron chi connectivity index (χ4n) is 1.36. The average molecular weight is 201 g/mol. The Balaban J connectivity index is 2.18. The molecule has 0 spiro atoms. The van der Waals surface area contributed by atoms with Crippen molar-refractivity contribution in [3.05, 3.63) is 30.9 Å². The van der Waals surface area contributed by atoms with Gasteiger partial charge < -0.3 is 10.2 Å². The molecule has 0 saturated carbocycles. The molecule has 0 aliphatic rings. The molecule has 3 heterocycles. The van der Waals surface area contributed by atoms with Crippen LogP contribution in [0, 0.1) is 0 Å². The first-order valence-corrected chi connectivity index (χ1v) is 4.34. The van der Waals surface area contributed by atoms with Gasteiger partial charge in [0.15, 0.2) is 11.4 Å². The summed E-state index contributed by atoms with van der Waals surface area (Å²) < 4.78 is 6.84. The van der Waals surface area contributed by atoms with Crippen LogP contribution in [-0.4, -0.2) is 19.6 Å². The van der Waals surface area contributed by atoms with Crippen LogP contribution >= 0.6 is 0 Å². The summed E-state index contributed by atoms with van der Waals surface area (Å²) in [5.41, 5.74) is 6.96. The molecule has 0 aliphatic carbocycles. The van der Waals surface area contributed by atoms with Gasteiger partial charge in [0.2, 0.25) is 0 Å². The Hall–Kier alpha value is -2.37. The smallest absolute Gasteiger partial charge is 0.292 e. The topological polar surface area (TPSA) is 82.2 Å². The Morgan fingerprint density at radius 1 is 1.27 bits per heavy atom. The van der Waals surface area contributed by atoms with Gasteiger partial charge in [-0.1, -0.05) is 0 Å². The summed E-state index contributed by atoms with van der Waals surface area (Å²) in [5, 5.41) is 4.07. The molecule has 3 aromatic heterocycles. The maximum atomic E-state index is 5.39. The number of oxazole rings is 1. The molecule has 0 fully saturated rings. The van der Waals surface area contributed by atoms with Gasteiger partial charge >= 0.3 is 0 Å². The number of nitrogen functional groups attached to an aromatic ring is 1. The summed E-state index contributed by atoms with van der Waals surface area (Å²) in [6.45, 7) is 0. The highest BCUT2D eigenvalue weighted by atomic mass is 16.4. The number of nitrogens with zero attached hydrogens (tertiary/aromatic N) is 4. The van der Waals surface area contributed by atoms with E-state index in [4.69, 9.17) is 10.2 Å². The quantitative estimate of drug-likeness (QED) is 0.634. The van der Waals surface area contributed by atoms with E-state index >= 15 is 0 Å². The van der Waals surface area contributed by atoms with Crippen molar-refractivity contribution in [2.45, 2.75) is 0 Å². The zero-order valence-corrected chi connectivity index (χ0v) is 7.66. The summed E-state index contributed by atoms with van der Waals surface area (Å²) in [4.78, 5) is 8.01. The highest BCUT2D eigenvalue weighted by molar-refractivity contribution is 5.56. The Morgan fingerprint density at radius 2 is 2.20 bits per heavy atom. The molecule has 3 aromatic rings. The van der Waals surface area contributed by atoms with Crippen LogP contribution in [0.25, 0.3) is 17.0 Å². The van der Waals surface area contributed by atoms with Gasteiger partial charge in [-0.2, -0.15) is 5.10 Å². The largest absolute Gasteiger partial charge is 0.424 e. The third-order valence-corrected chi connectivity index (χ3v) is 2.05. The van der Waals surface area contributed by atoms with E-state index < -0.39 is 0 Å². The van der Waals surface area contributed by atoms with Crippen LogP contribution in [0.2, 0.25) is 0 Å². The van der Waals surface area contributed by atoms with E-state index in [1.54, 1.807) is 23.1 Å². The molecule has 6 heteroatoms. The third kappa shape index (κ3) is 1.23. The van der Waals surface area contributed by atoms with E-state index in [9.17, 15) is 0 Å². The zero-order chi connectivity index (χ0) is 10.3. The van der Waals surface area contributed by atoms with Crippen molar-refractivity contribution in [1.29, 1.82) is 0 Å². The first-order valence-electron chi connectivity index (χ1n) is 4.34. The highest BCUT2D eigenvalue weighted by Crippen LogP contribution is 2.20. The second kappa shape index (κ2) is 2.81. The lowest BCUT2D eigenvalue weighted by Gasteiger charge is -1.96. The number of hydrogen-bond acceptors (Lipinski definition) is 5. The summed E-state index contributed by atoms with van der Waals surface area (Å²) in [6.07, 6.45) is 6.74. The van der Waals surface area contributed by atoms with Crippen molar-refractivity contribution < 1.29 is 4.42 Å². The zero-order valence-electron chi connectivity index (χ0n) is 7.66. The van der Waals surface area contributed by atoms with E-state index in [-0.39, 0.29) is 6.01 Å². The lowest BCUT2D eigenvalue weighted by molar-refractivity contribution is 0.594. The minimum absolute atomic E-state index is 0.144. The van der Waals surface area contributed by atoms with E-state index in [1.165, 1.54) is 0 Å². The maximum absolute atomic E-state index is 5.39. The van der Waals surface area contributed by atoms with Crippen molar-refractivity contribution in [2.75, 3.05) is 5.73 Å². The number of fused-ring (bicyclic) bond motifs is 1. The summed E-state index contributed by atoms with van der Waals surface area (Å²) in [6, 6.07) is 1.96. The van der Waals surface area contributed by atoms with Crippen molar-refractivity contribution in [1.82, 2.24) is 19.6 Å². The number of anilines is 1. The molecule has 0 aliphatic heterocycles. The first-order chi connectivity index (χ1) is 7.33. The molecule has 0 bridgehead atoms. The van der Waals surface area contributed by atoms with E-state index in [0.717, 1.165) is 11.2 Å². The van der Waals surface area contributed by atoms with Crippen molar-refractivity contribution in [2.24, 2.45) is 0 Å². The van der Waals surface area contributed by atoms with Crippen LogP contribution in [-0.2, 0) is 0 Å². The van der Waals surface area contributed by atoms with Gasteiger partial charge in [-0.3, -0.25) is 0 Å². The molecular weight excluding hydrogens is 194 g/mol. The van der Waals surface area contributed by atoms with Crippen molar-refractivity contribution in [3.63, 3.8) is 0 Å². The lowest BCUT2D eigenvalue weighted by atomic mass is 10.3. The fourth-order valence-corrected chi connectivity index (χ4v) is 1.36. The van der Waals surface area contributed by atoms with Gasteiger partial charge in [0.1, 0.15) is 0 Å². The number of rotatable bonds is 1. The Morgan fingerprint density at radius 3 is 3.00 bits per heavy atom. The predicted octanol–water partition coefficient (Wildman–Crippen LogP) is 0.966. The Labute approximate surface area is 84.4 Å². The van der Waals surface area contributed by atoms with Crippen LogP contribution in [0.4, 0.5) is 6.01 Å². The lowest BCUT2D eigenvalue weighted by Crippen LogP contribution is -1.90. The summed E-state index contributed by atoms with van der Waals surface area (Å²) >= 11 is 0. The normalized spacial score (nSPS) is 10.9. The molecule has 2 N–H and O–H groups in total. The molecular formula is C9H7N5O. The molecule has 0 atom stereocenters. The molecule has 3 rings (SSSR count). The summed E-state index contributed by atoms with van der Waals surface area (Å²) in [5.74, 6) is 0.581. The van der Waals surface area contributed by atoms with Crippen LogP contribution in [0.3, 0.4) is 0 Å². The van der Waals surface area contributed by atoms with Gasteiger partial charge in [-0.15, -0.1) is 0 Å². The minimum atomic E-state index is 0.144. The molecule has 74 valence electrons. The number of nitrogens with two attached hydrogens (primary N) is 1. The number of hydrogen-bond donors (Lipinski definition) is 1. The maximum Gasteiger partial charge on any atom is 0.292 e. The predicted molar refractivity (Wildman–Crippen MR) is 52.9 cm³/mol. The van der Waals surface area contributed by atoms with Gasteiger partial charge in [0.05, 0.1) is 18.0 Å². The SMILES string of the molecule is Nc1ncc(-c2cnc3ccnn3c2)o1. The first kappa shape index (κ1) is 7.98. The van der Waals surface area contributed by atoms with Gasteiger partial charge in [0.25, 0.3) is 6.01 Å². The highest BCUT2D eigenvalue weighted by Gasteiger charge is 2.05. The van der Waals surface area contributed by atoms with E-state index in [2.05, 4.69) is 15.1 Å². The van der Waals surface area contributed by atoms with E-state index in [0.29, 0.717) is 5.76 Å². The third-order valence-electron chi connectivity index (χ3n) is 2.05. The van der Waals surface area contributed by atoms with Crippen molar-refractivity contribution >= 4 is 11.7 Å². The Kier molecular flexibility index (Phi) is 1.49. The molecule has 0 saturated heterocycles. The van der Waals surface area contributed by atoms with Crippen LogP contribution in [0.15, 0.2) is 35.3 Å². The van der Waals surface area contributed by atoms with Crippen LogP contribution < -0.4 is 5.73 Å². The van der Waals surface area contributed by atoms with Gasteiger partial charge in [0, 0.05) is 18.5 Å². The minimum Gasteiger partial charge on any atom is -0.424 e. The monoisotopic (exact) mass is 201 g/mol. The van der Waals surface area contributed by atoms with Gasteiger partial charge in [-0.05, 0) is 0 Å². The second-order valence-electron chi connectivity index (χ2n) is 3.04. The average Bonchev–Trinajstić information content (AvgIpc) is 2.84. The molecule has 0 aromatic carbocycles. The van der Waals surface area contributed by atoms with Gasteiger partial charge in [-0.25, -0.2) is 14.5 Å². The van der Waals surface area contributed by atoms with E-state index in [1.807, 2.05) is 12.3 Å². The van der Waals surface area contributed by atoms with Crippen molar-refractivity contribution in [3.8, 4) is 11.3 Å². The Bertz CT molecular complexity index is 612. The molecule has 15 heavy (non-hydrogen) atoms. The number of aromatic nitrogens is 4. The molecule has 0 amide bonds. The van der Waals surface area contributed by atoms with Crippen LogP contribution in [0.1, 0.15) is 0 Å². The standard InChI is InChI=1S/C9H7N5O/c10-9-12-4-7(15-9)6-3-11-8-1-2-13-14(8)5-6/h1-5H,(H2,10,12). The fraction of sp³-hybridized carbons (Fsp3) is 0. The molecule has 0 radical (unpaired) electrons. The second-order valence-corrected chi connectivity index (χ2v) is 3.04. The van der Waals surface area contributed by atoms with Crippen LogP contribution in [0.5, 0.6) is 0 Å². The molecule has 6 nitrogen and oxygen atoms in total.